The van der Waals surface area contributed by atoms with Gasteiger partial charge in [-0.2, -0.15) is 0 Å². The number of carboxylic acids is 1. The van der Waals surface area contributed by atoms with Crippen LogP contribution in [0.4, 0.5) is 0 Å². The van der Waals surface area contributed by atoms with Crippen LogP contribution in [0.5, 0.6) is 0 Å². The van der Waals surface area contributed by atoms with E-state index in [1.54, 1.807) is 0 Å². The van der Waals surface area contributed by atoms with E-state index in [-0.39, 0.29) is 12.5 Å². The highest BCUT2D eigenvalue weighted by molar-refractivity contribution is 5.69. The molecule has 0 aromatic carbocycles. The Morgan fingerprint density at radius 2 is 1.24 bits per heavy atom. The Bertz CT molecular complexity index is 312. The fourth-order valence-electron chi connectivity index (χ4n) is 3.18. The maximum absolute atomic E-state index is 11.2. The molecule has 0 saturated carbocycles. The first kappa shape index (κ1) is 24.2. The quantitative estimate of drug-likeness (QED) is 0.206. The van der Waals surface area contributed by atoms with Gasteiger partial charge in [-0.15, -0.1) is 0 Å². The summed E-state index contributed by atoms with van der Waals surface area (Å²) in [7, 11) is 0. The number of allylic oxidation sites excluding steroid dienone is 2. The summed E-state index contributed by atoms with van der Waals surface area (Å²) in [5, 5.41) is 18.0. The Hall–Kier alpha value is -0.830. The van der Waals surface area contributed by atoms with Gasteiger partial charge >= 0.3 is 5.97 Å². The first-order valence-corrected chi connectivity index (χ1v) is 10.7. The van der Waals surface area contributed by atoms with Crippen LogP contribution in [0.25, 0.3) is 0 Å². The Kier molecular flexibility index (Phi) is 18.8. The van der Waals surface area contributed by atoms with Gasteiger partial charge in [-0.25, -0.2) is 0 Å². The number of hydrogen-bond donors (Lipinski definition) is 2. The van der Waals surface area contributed by atoms with E-state index in [9.17, 15) is 9.90 Å². The minimum Gasteiger partial charge on any atom is -0.481 e. The van der Waals surface area contributed by atoms with Gasteiger partial charge in [0.25, 0.3) is 0 Å². The third kappa shape index (κ3) is 17.8. The molecule has 0 aliphatic carbocycles. The Labute approximate surface area is 155 Å². The maximum atomic E-state index is 11.2. The summed E-state index contributed by atoms with van der Waals surface area (Å²) in [6.45, 7) is 2.42. The third-order valence-electron chi connectivity index (χ3n) is 4.87. The number of carbonyl (C=O) groups is 1. The zero-order valence-electron chi connectivity index (χ0n) is 16.6. The van der Waals surface area contributed by atoms with Gasteiger partial charge in [0.05, 0.1) is 5.92 Å². The van der Waals surface area contributed by atoms with Gasteiger partial charge in [-0.05, 0) is 44.9 Å². The third-order valence-corrected chi connectivity index (χ3v) is 4.87. The van der Waals surface area contributed by atoms with Crippen molar-refractivity contribution >= 4 is 5.97 Å². The van der Waals surface area contributed by atoms with E-state index in [0.29, 0.717) is 6.42 Å². The van der Waals surface area contributed by atoms with Gasteiger partial charge in [0.1, 0.15) is 0 Å². The van der Waals surface area contributed by atoms with Crippen LogP contribution in [0, 0.1) is 5.92 Å². The highest BCUT2D eigenvalue weighted by Crippen LogP contribution is 2.18. The second-order valence-corrected chi connectivity index (χ2v) is 7.27. The molecule has 0 radical (unpaired) electrons. The maximum Gasteiger partial charge on any atom is 0.306 e. The number of rotatable bonds is 19. The minimum atomic E-state index is -0.671. The van der Waals surface area contributed by atoms with Crippen molar-refractivity contribution in [3.8, 4) is 0 Å². The van der Waals surface area contributed by atoms with Crippen molar-refractivity contribution in [1.29, 1.82) is 0 Å². The van der Waals surface area contributed by atoms with Crippen LogP contribution in [0.15, 0.2) is 12.2 Å². The Morgan fingerprint density at radius 3 is 1.76 bits per heavy atom. The Morgan fingerprint density at radius 1 is 0.760 bits per heavy atom. The number of carboxylic acid groups (broad SMARTS) is 1. The van der Waals surface area contributed by atoms with Crippen molar-refractivity contribution in [2.75, 3.05) is 6.61 Å². The van der Waals surface area contributed by atoms with Crippen LogP contribution in [-0.2, 0) is 4.79 Å². The number of aliphatic carboxylic acids is 1. The average molecular weight is 355 g/mol. The normalized spacial score (nSPS) is 12.7. The molecule has 0 saturated heterocycles. The van der Waals surface area contributed by atoms with Crippen molar-refractivity contribution in [3.05, 3.63) is 12.2 Å². The van der Waals surface area contributed by atoms with Crippen molar-refractivity contribution in [2.24, 2.45) is 5.92 Å². The van der Waals surface area contributed by atoms with Gasteiger partial charge in [0.15, 0.2) is 0 Å². The largest absolute Gasteiger partial charge is 0.481 e. The fourth-order valence-corrected chi connectivity index (χ4v) is 3.18. The molecule has 0 heterocycles. The van der Waals surface area contributed by atoms with E-state index in [0.717, 1.165) is 38.5 Å². The lowest BCUT2D eigenvalue weighted by atomic mass is 9.95. The van der Waals surface area contributed by atoms with E-state index in [2.05, 4.69) is 19.1 Å². The van der Waals surface area contributed by atoms with Crippen LogP contribution in [-0.4, -0.2) is 22.8 Å². The molecule has 1 atom stereocenters. The molecule has 0 rings (SSSR count). The van der Waals surface area contributed by atoms with Crippen LogP contribution < -0.4 is 0 Å². The summed E-state index contributed by atoms with van der Waals surface area (Å²) in [5.74, 6) is -0.890. The smallest absolute Gasteiger partial charge is 0.306 e. The number of unbranched alkanes of at least 4 members (excludes halogenated alkanes) is 11. The standard InChI is InChI=1S/C22H42O3/c1-2-3-4-5-6-7-8-9-10-11-12-13-14-15-18-21(22(24)25)19-16-17-20-23/h9-10,21,23H,2-8,11-20H2,1H3,(H,24,25)/b10-9-. The molecule has 0 spiro atoms. The zero-order valence-corrected chi connectivity index (χ0v) is 16.6. The molecule has 1 unspecified atom stereocenters. The van der Waals surface area contributed by atoms with Gasteiger partial charge in [-0.1, -0.05) is 76.9 Å². The van der Waals surface area contributed by atoms with Crippen LogP contribution in [0.2, 0.25) is 0 Å². The molecule has 148 valence electrons. The summed E-state index contributed by atoms with van der Waals surface area (Å²) in [4.78, 5) is 11.2. The molecule has 3 nitrogen and oxygen atoms in total. The topological polar surface area (TPSA) is 57.5 Å². The van der Waals surface area contributed by atoms with Crippen molar-refractivity contribution in [1.82, 2.24) is 0 Å². The van der Waals surface area contributed by atoms with Gasteiger partial charge in [0, 0.05) is 6.61 Å². The second kappa shape index (κ2) is 19.5. The van der Waals surface area contributed by atoms with E-state index in [1.807, 2.05) is 0 Å². The zero-order chi connectivity index (χ0) is 18.6. The first-order chi connectivity index (χ1) is 12.2. The number of hydrogen-bond acceptors (Lipinski definition) is 2. The number of aliphatic hydroxyl groups excluding tert-OH is 1. The molecule has 25 heavy (non-hydrogen) atoms. The predicted molar refractivity (Wildman–Crippen MR) is 107 cm³/mol. The molecular formula is C22H42O3. The minimum absolute atomic E-state index is 0.165. The number of aliphatic hydroxyl groups is 1. The van der Waals surface area contributed by atoms with Gasteiger partial charge in [0.2, 0.25) is 0 Å². The SMILES string of the molecule is CCCCCCCC/C=C\CCCCCCC(CCCCO)C(=O)O. The second-order valence-electron chi connectivity index (χ2n) is 7.27. The average Bonchev–Trinajstić information content (AvgIpc) is 2.60. The predicted octanol–water partition coefficient (Wildman–Crippen LogP) is 6.50. The van der Waals surface area contributed by atoms with E-state index in [4.69, 9.17) is 5.11 Å². The van der Waals surface area contributed by atoms with E-state index in [1.165, 1.54) is 57.8 Å². The molecule has 0 fully saturated rings. The van der Waals surface area contributed by atoms with Crippen molar-refractivity contribution < 1.29 is 15.0 Å². The molecule has 0 aliphatic rings. The highest BCUT2D eigenvalue weighted by atomic mass is 16.4. The molecule has 0 amide bonds. The summed E-state index contributed by atoms with van der Waals surface area (Å²) in [6, 6.07) is 0. The molecule has 3 heteroatoms. The molecule has 2 N–H and O–H groups in total. The molecule has 0 aromatic rings. The molecule has 0 aromatic heterocycles. The van der Waals surface area contributed by atoms with Crippen molar-refractivity contribution in [3.63, 3.8) is 0 Å². The molecule has 0 bridgehead atoms. The van der Waals surface area contributed by atoms with Crippen LogP contribution in [0.1, 0.15) is 110 Å². The highest BCUT2D eigenvalue weighted by Gasteiger charge is 2.15. The van der Waals surface area contributed by atoms with Gasteiger partial charge < -0.3 is 10.2 Å². The fraction of sp³-hybridized carbons (Fsp3) is 0.864. The lowest BCUT2D eigenvalue weighted by Gasteiger charge is -2.11. The van der Waals surface area contributed by atoms with Crippen LogP contribution >= 0.6 is 0 Å². The summed E-state index contributed by atoms with van der Waals surface area (Å²) in [6.07, 6.45) is 22.8. The van der Waals surface area contributed by atoms with Crippen LogP contribution in [0.3, 0.4) is 0 Å². The van der Waals surface area contributed by atoms with Gasteiger partial charge in [-0.3, -0.25) is 4.79 Å². The lowest BCUT2D eigenvalue weighted by Crippen LogP contribution is -2.13. The first-order valence-electron chi connectivity index (χ1n) is 10.7. The van der Waals surface area contributed by atoms with Crippen molar-refractivity contribution in [2.45, 2.75) is 110 Å². The monoisotopic (exact) mass is 354 g/mol. The van der Waals surface area contributed by atoms with E-state index < -0.39 is 5.97 Å². The molecular weight excluding hydrogens is 312 g/mol. The van der Waals surface area contributed by atoms with E-state index >= 15 is 0 Å². The molecule has 0 aliphatic heterocycles. The summed E-state index contributed by atoms with van der Waals surface area (Å²) in [5.41, 5.74) is 0. The lowest BCUT2D eigenvalue weighted by molar-refractivity contribution is -0.142. The summed E-state index contributed by atoms with van der Waals surface area (Å²) >= 11 is 0. The summed E-state index contributed by atoms with van der Waals surface area (Å²) < 4.78 is 0. The Balaban J connectivity index is 3.41.